The Hall–Kier alpha value is -7.22. The predicted molar refractivity (Wildman–Crippen MR) is 232 cm³/mol. The van der Waals surface area contributed by atoms with Crippen LogP contribution in [0.1, 0.15) is 138 Å². The molecule has 5 aromatic rings. The molecule has 0 amide bonds. The molecule has 12 heteroatoms. The third-order valence-electron chi connectivity index (χ3n) is 13.3. The number of allylic oxidation sites excluding steroid dienone is 2. The van der Waals surface area contributed by atoms with Crippen LogP contribution in [0, 0.1) is 35.8 Å². The maximum atomic E-state index is 13.7. The molecule has 11 rings (SSSR count). The Morgan fingerprint density at radius 1 is 0.532 bits per heavy atom. The van der Waals surface area contributed by atoms with E-state index in [1.165, 1.54) is 46.9 Å². The number of thiophene rings is 2. The molecular weight excluding hydrogens is 817 g/mol. The minimum atomic E-state index is -0.621. The summed E-state index contributed by atoms with van der Waals surface area (Å²) in [4.78, 5) is 65.0. The SMILES string of the molecule is [C-]#[N+]c1cc2c(cc1[N+]#[C-])C(=O)C(=Cc1cc3c(s1)-c1cc4c(cc1OC31CCCCC1)-c1sc(C=C3C(=O)c5cc(C#N)c(C#N)cc5C3=O)cc1C1(CCCCC1)O4)C2=O. The Kier molecular flexibility index (Phi) is 8.31. The first kappa shape index (κ1) is 37.8. The first-order valence-electron chi connectivity index (χ1n) is 20.5. The largest absolute Gasteiger partial charge is 0.482 e. The summed E-state index contributed by atoms with van der Waals surface area (Å²) in [6.07, 6.45) is 12.5. The van der Waals surface area contributed by atoms with Crippen LogP contribution in [0.3, 0.4) is 0 Å². The first-order chi connectivity index (χ1) is 30.1. The Morgan fingerprint density at radius 3 is 1.26 bits per heavy atom. The lowest BCUT2D eigenvalue weighted by Gasteiger charge is -2.44. The molecule has 2 aromatic heterocycles. The second-order valence-electron chi connectivity index (χ2n) is 16.7. The molecule has 4 aliphatic carbocycles. The minimum Gasteiger partial charge on any atom is -0.482 e. The molecule has 0 N–H and O–H groups in total. The van der Waals surface area contributed by atoms with Crippen LogP contribution in [-0.4, -0.2) is 23.1 Å². The zero-order valence-electron chi connectivity index (χ0n) is 32.9. The van der Waals surface area contributed by atoms with Gasteiger partial charge in [0.15, 0.2) is 34.5 Å². The number of carbonyl (C=O) groups excluding carboxylic acids is 4. The molecule has 10 nitrogen and oxygen atoms in total. The summed E-state index contributed by atoms with van der Waals surface area (Å²) in [7, 11) is 0. The zero-order valence-corrected chi connectivity index (χ0v) is 34.5. The molecule has 6 aliphatic rings. The summed E-state index contributed by atoms with van der Waals surface area (Å²) in [6.45, 7) is 15.0. The normalized spacial score (nSPS) is 18.2. The van der Waals surface area contributed by atoms with Crippen molar-refractivity contribution in [1.82, 2.24) is 0 Å². The number of Topliss-reactive ketones (excluding diaryl/α,β-unsaturated/α-hetero) is 4. The number of nitriles is 2. The van der Waals surface area contributed by atoms with E-state index < -0.39 is 34.3 Å². The number of ether oxygens (including phenoxy) is 2. The number of hydrogen-bond donors (Lipinski definition) is 0. The zero-order chi connectivity index (χ0) is 42.7. The first-order valence-corrected chi connectivity index (χ1v) is 22.1. The number of fused-ring (bicyclic) bond motifs is 10. The molecule has 2 saturated carbocycles. The standard InChI is InChI=1S/C50H30N4O6S2/c1-53-39-19-31-32(20-40(39)54-2)46(58)36(45(31)57)16-28-18-38-48(62-28)34-22-41-33(21-42(34)60-50(38)11-7-4-8-12-50)47-37(49(59-41)9-5-3-6-10-49)17-27(61-47)15-35-43(55)29-13-25(23-51)26(24-52)14-30(29)44(35)56/h13-22H,3-12H2. The van der Waals surface area contributed by atoms with Crippen LogP contribution < -0.4 is 9.47 Å². The number of carbonyl (C=O) groups is 4. The van der Waals surface area contributed by atoms with E-state index in [2.05, 4.69) is 21.8 Å². The van der Waals surface area contributed by atoms with Crippen LogP contribution in [-0.2, 0) is 11.2 Å². The smallest absolute Gasteiger partial charge is 0.197 e. The highest BCUT2D eigenvalue weighted by Crippen LogP contribution is 2.60. The Morgan fingerprint density at radius 2 is 0.903 bits per heavy atom. The number of ketones is 4. The predicted octanol–water partition coefficient (Wildman–Crippen LogP) is 12.0. The highest BCUT2D eigenvalue weighted by atomic mass is 32.1. The highest BCUT2D eigenvalue weighted by Gasteiger charge is 2.47. The summed E-state index contributed by atoms with van der Waals surface area (Å²) in [5.74, 6) is -0.458. The third kappa shape index (κ3) is 5.34. The summed E-state index contributed by atoms with van der Waals surface area (Å²) >= 11 is 2.99. The molecule has 0 unspecified atom stereocenters. The van der Waals surface area contributed by atoms with Crippen LogP contribution in [0.4, 0.5) is 11.4 Å². The van der Waals surface area contributed by atoms with Crippen molar-refractivity contribution >= 4 is 69.3 Å². The molecule has 0 atom stereocenters. The van der Waals surface area contributed by atoms with Crippen molar-refractivity contribution in [2.45, 2.75) is 75.4 Å². The van der Waals surface area contributed by atoms with Gasteiger partial charge in [0.25, 0.3) is 0 Å². The molecule has 2 spiro atoms. The minimum absolute atomic E-state index is 0.00299. The average molecular weight is 847 g/mol. The maximum absolute atomic E-state index is 13.7. The van der Waals surface area contributed by atoms with Gasteiger partial charge in [-0.25, -0.2) is 0 Å². The van der Waals surface area contributed by atoms with Gasteiger partial charge in [0.05, 0.1) is 35.4 Å². The van der Waals surface area contributed by atoms with E-state index in [0.717, 1.165) is 106 Å². The summed E-state index contributed by atoms with van der Waals surface area (Å²) in [5.41, 5.74) is 3.24. The van der Waals surface area contributed by atoms with Crippen LogP contribution >= 0.6 is 22.7 Å². The van der Waals surface area contributed by atoms with Crippen molar-refractivity contribution in [3.05, 3.63) is 137 Å². The van der Waals surface area contributed by atoms with Gasteiger partial charge < -0.3 is 9.47 Å². The van der Waals surface area contributed by atoms with Gasteiger partial charge >= 0.3 is 0 Å². The fourth-order valence-electron chi connectivity index (χ4n) is 10.3. The number of nitrogens with zero attached hydrogens (tertiary/aromatic N) is 4. The Balaban J connectivity index is 1.02. The number of hydrogen-bond acceptors (Lipinski definition) is 10. The van der Waals surface area contributed by atoms with Gasteiger partial charge in [0.1, 0.15) is 34.8 Å². The van der Waals surface area contributed by atoms with Crippen molar-refractivity contribution in [1.29, 1.82) is 10.5 Å². The van der Waals surface area contributed by atoms with E-state index in [0.29, 0.717) is 11.5 Å². The van der Waals surface area contributed by atoms with Gasteiger partial charge in [-0.15, -0.1) is 22.7 Å². The van der Waals surface area contributed by atoms with Crippen molar-refractivity contribution in [2.24, 2.45) is 0 Å². The third-order valence-corrected chi connectivity index (χ3v) is 15.5. The van der Waals surface area contributed by atoms with Crippen LogP contribution in [0.5, 0.6) is 11.5 Å². The van der Waals surface area contributed by atoms with Crippen LogP contribution in [0.2, 0.25) is 0 Å². The van der Waals surface area contributed by atoms with E-state index in [4.69, 9.17) is 22.6 Å². The van der Waals surface area contributed by atoms with E-state index in [9.17, 15) is 29.7 Å². The molecule has 298 valence electrons. The lowest BCUT2D eigenvalue weighted by atomic mass is 9.76. The maximum Gasteiger partial charge on any atom is 0.197 e. The second-order valence-corrected chi connectivity index (χ2v) is 18.8. The number of benzene rings is 3. The quantitative estimate of drug-likeness (QED) is 0.0970. The molecule has 0 saturated heterocycles. The van der Waals surface area contributed by atoms with Crippen molar-refractivity contribution in [2.75, 3.05) is 0 Å². The topological polar surface area (TPSA) is 143 Å². The van der Waals surface area contributed by atoms with E-state index in [1.807, 2.05) is 24.3 Å². The average Bonchev–Trinajstić information content (AvgIpc) is 4.04. The summed E-state index contributed by atoms with van der Waals surface area (Å²) in [6, 6.07) is 17.5. The molecule has 0 bridgehead atoms. The van der Waals surface area contributed by atoms with Gasteiger partial charge in [-0.05, 0) is 99.9 Å². The molecule has 62 heavy (non-hydrogen) atoms. The molecule has 2 fully saturated rings. The van der Waals surface area contributed by atoms with Gasteiger partial charge in [-0.2, -0.15) is 10.5 Å². The van der Waals surface area contributed by atoms with E-state index in [1.54, 1.807) is 12.2 Å². The monoisotopic (exact) mass is 846 g/mol. The molecule has 2 aliphatic heterocycles. The molecular formula is C50H30N4O6S2. The second kappa shape index (κ2) is 13.6. The summed E-state index contributed by atoms with van der Waals surface area (Å²) < 4.78 is 14.3. The van der Waals surface area contributed by atoms with Gasteiger partial charge in [0.2, 0.25) is 0 Å². The van der Waals surface area contributed by atoms with Gasteiger partial charge in [-0.3, -0.25) is 28.9 Å². The van der Waals surface area contributed by atoms with E-state index in [-0.39, 0.29) is 55.9 Å². The molecule has 4 heterocycles. The van der Waals surface area contributed by atoms with Gasteiger partial charge in [-0.1, -0.05) is 25.0 Å². The van der Waals surface area contributed by atoms with Gasteiger partial charge in [0, 0.05) is 64.0 Å². The van der Waals surface area contributed by atoms with Crippen LogP contribution in [0.15, 0.2) is 59.7 Å². The molecule has 3 aromatic carbocycles. The lowest BCUT2D eigenvalue weighted by Crippen LogP contribution is -2.38. The molecule has 0 radical (unpaired) electrons. The van der Waals surface area contributed by atoms with Crippen molar-refractivity contribution in [3.8, 4) is 44.5 Å². The highest BCUT2D eigenvalue weighted by molar-refractivity contribution is 7.17. The fourth-order valence-corrected chi connectivity index (χ4v) is 12.7. The van der Waals surface area contributed by atoms with Crippen molar-refractivity contribution in [3.63, 3.8) is 0 Å². The Bertz CT molecular complexity index is 2900. The lowest BCUT2D eigenvalue weighted by molar-refractivity contribution is 0.0203. The number of rotatable bonds is 2. The van der Waals surface area contributed by atoms with Crippen molar-refractivity contribution < 1.29 is 28.7 Å². The summed E-state index contributed by atoms with van der Waals surface area (Å²) in [5, 5.41) is 19.2. The Labute approximate surface area is 363 Å². The van der Waals surface area contributed by atoms with Crippen LogP contribution in [0.25, 0.3) is 42.7 Å². The van der Waals surface area contributed by atoms with E-state index >= 15 is 0 Å². The fraction of sp³-hybridized carbons (Fsp3) is 0.240.